The van der Waals surface area contributed by atoms with E-state index in [-0.39, 0.29) is 23.6 Å². The average molecular weight is 495 g/mol. The molecule has 0 radical (unpaired) electrons. The minimum absolute atomic E-state index is 0.00686. The van der Waals surface area contributed by atoms with Gasteiger partial charge in [-0.25, -0.2) is 0 Å². The average Bonchev–Trinajstić information content (AvgIpc) is 3.50. The standard InChI is InChI=1S/C26H25F3N6O/c1-14(8-23-33-30-13-34(23)4)17-6-5-7-19(9-17)35-12-21-20(25(35)36)10-18(11-22(21)26(27,28)29)24-15(2)31-32-16(24)3/h5-7,9-11,13-14H,8,12H2,1-4H3,(H,31,32). The number of carbonyl (C=O) groups excluding carboxylic acids is 1. The van der Waals surface area contributed by atoms with Gasteiger partial charge in [-0.3, -0.25) is 9.89 Å². The Morgan fingerprint density at radius 2 is 1.94 bits per heavy atom. The topological polar surface area (TPSA) is 79.7 Å². The highest BCUT2D eigenvalue weighted by atomic mass is 19.4. The van der Waals surface area contributed by atoms with Crippen LogP contribution < -0.4 is 4.90 Å². The molecule has 186 valence electrons. The van der Waals surface area contributed by atoms with E-state index in [0.29, 0.717) is 34.6 Å². The highest BCUT2D eigenvalue weighted by Crippen LogP contribution is 2.42. The minimum Gasteiger partial charge on any atom is -0.321 e. The van der Waals surface area contributed by atoms with Crippen molar-refractivity contribution in [3.8, 4) is 11.1 Å². The third-order valence-corrected chi connectivity index (χ3v) is 6.81. The zero-order valence-corrected chi connectivity index (χ0v) is 20.3. The monoisotopic (exact) mass is 494 g/mol. The van der Waals surface area contributed by atoms with Crippen molar-refractivity contribution in [1.29, 1.82) is 0 Å². The summed E-state index contributed by atoms with van der Waals surface area (Å²) in [7, 11) is 1.87. The van der Waals surface area contributed by atoms with Crippen LogP contribution in [-0.2, 0) is 26.2 Å². The van der Waals surface area contributed by atoms with Crippen LogP contribution in [0.25, 0.3) is 11.1 Å². The number of hydrogen-bond donors (Lipinski definition) is 1. The lowest BCUT2D eigenvalue weighted by Gasteiger charge is -2.19. The lowest BCUT2D eigenvalue weighted by atomic mass is 9.94. The molecule has 5 rings (SSSR count). The van der Waals surface area contributed by atoms with Crippen molar-refractivity contribution in [1.82, 2.24) is 25.0 Å². The van der Waals surface area contributed by atoms with Crippen molar-refractivity contribution in [3.63, 3.8) is 0 Å². The molecule has 2 aromatic heterocycles. The summed E-state index contributed by atoms with van der Waals surface area (Å²) >= 11 is 0. The van der Waals surface area contributed by atoms with Gasteiger partial charge in [-0.2, -0.15) is 18.3 Å². The lowest BCUT2D eigenvalue weighted by molar-refractivity contribution is -0.138. The van der Waals surface area contributed by atoms with Gasteiger partial charge in [-0.1, -0.05) is 19.1 Å². The summed E-state index contributed by atoms with van der Waals surface area (Å²) in [4.78, 5) is 14.9. The summed E-state index contributed by atoms with van der Waals surface area (Å²) < 4.78 is 44.3. The SMILES string of the molecule is Cc1n[nH]c(C)c1-c1cc2c(c(C(F)(F)F)c1)CN(c1cccc(C(C)Cc3nncn3C)c1)C2=O. The number of aryl methyl sites for hydroxylation is 3. The predicted octanol–water partition coefficient (Wildman–Crippen LogP) is 5.35. The number of benzene rings is 2. The zero-order chi connectivity index (χ0) is 25.8. The summed E-state index contributed by atoms with van der Waals surface area (Å²) in [5.41, 5.74) is 2.91. The van der Waals surface area contributed by atoms with Crippen LogP contribution in [0.4, 0.5) is 18.9 Å². The van der Waals surface area contributed by atoms with Crippen molar-refractivity contribution < 1.29 is 18.0 Å². The van der Waals surface area contributed by atoms with E-state index in [1.54, 1.807) is 32.3 Å². The van der Waals surface area contributed by atoms with E-state index in [1.165, 1.54) is 4.90 Å². The molecule has 2 aromatic carbocycles. The second-order valence-corrected chi connectivity index (χ2v) is 9.31. The summed E-state index contributed by atoms with van der Waals surface area (Å²) in [6.07, 6.45) is -2.33. The van der Waals surface area contributed by atoms with Crippen LogP contribution in [0.15, 0.2) is 42.7 Å². The summed E-state index contributed by atoms with van der Waals surface area (Å²) in [6.45, 7) is 5.37. The molecule has 0 aliphatic carbocycles. The number of anilines is 1. The normalized spacial score (nSPS) is 14.4. The Kier molecular flexibility index (Phi) is 5.69. The van der Waals surface area contributed by atoms with E-state index < -0.39 is 17.6 Å². The van der Waals surface area contributed by atoms with Crippen LogP contribution in [0.2, 0.25) is 0 Å². The van der Waals surface area contributed by atoms with Crippen LogP contribution >= 0.6 is 0 Å². The van der Waals surface area contributed by atoms with Crippen molar-refractivity contribution in [2.24, 2.45) is 7.05 Å². The Bertz CT molecular complexity index is 1450. The molecule has 4 aromatic rings. The number of aromatic amines is 1. The van der Waals surface area contributed by atoms with Gasteiger partial charge in [-0.15, -0.1) is 10.2 Å². The van der Waals surface area contributed by atoms with E-state index in [9.17, 15) is 18.0 Å². The van der Waals surface area contributed by atoms with Crippen LogP contribution in [0, 0.1) is 13.8 Å². The summed E-state index contributed by atoms with van der Waals surface area (Å²) in [5, 5.41) is 15.0. The number of amides is 1. The first-order chi connectivity index (χ1) is 17.0. The fraction of sp³-hybridized carbons (Fsp3) is 0.308. The first-order valence-corrected chi connectivity index (χ1v) is 11.5. The van der Waals surface area contributed by atoms with Gasteiger partial charge in [0, 0.05) is 36.0 Å². The first-order valence-electron chi connectivity index (χ1n) is 11.5. The molecule has 1 amide bonds. The largest absolute Gasteiger partial charge is 0.416 e. The Morgan fingerprint density at radius 3 is 2.58 bits per heavy atom. The number of halogens is 3. The molecule has 0 fully saturated rings. The highest BCUT2D eigenvalue weighted by molar-refractivity contribution is 6.11. The molecular weight excluding hydrogens is 469 g/mol. The van der Waals surface area contributed by atoms with Crippen LogP contribution in [-0.4, -0.2) is 30.9 Å². The smallest absolute Gasteiger partial charge is 0.321 e. The van der Waals surface area contributed by atoms with Crippen molar-refractivity contribution in [2.45, 2.75) is 45.8 Å². The molecule has 0 saturated carbocycles. The number of carbonyl (C=O) groups is 1. The number of hydrogen-bond acceptors (Lipinski definition) is 4. The summed E-state index contributed by atoms with van der Waals surface area (Å²) in [6, 6.07) is 10.1. The maximum Gasteiger partial charge on any atom is 0.416 e. The van der Waals surface area contributed by atoms with Gasteiger partial charge < -0.3 is 9.47 Å². The molecule has 36 heavy (non-hydrogen) atoms. The van der Waals surface area contributed by atoms with Gasteiger partial charge in [0.1, 0.15) is 12.2 Å². The molecule has 10 heteroatoms. The van der Waals surface area contributed by atoms with Crippen LogP contribution in [0.3, 0.4) is 0 Å². The van der Waals surface area contributed by atoms with Gasteiger partial charge >= 0.3 is 6.18 Å². The van der Waals surface area contributed by atoms with Crippen molar-refractivity contribution in [3.05, 3.63) is 82.2 Å². The number of nitrogens with zero attached hydrogens (tertiary/aromatic N) is 5. The molecule has 0 saturated heterocycles. The molecule has 1 aliphatic heterocycles. The number of nitrogens with one attached hydrogen (secondary N) is 1. The van der Waals surface area contributed by atoms with Gasteiger partial charge in [-0.05, 0) is 60.7 Å². The number of aromatic nitrogens is 5. The molecule has 1 atom stereocenters. The highest BCUT2D eigenvalue weighted by Gasteiger charge is 2.41. The molecule has 1 aliphatic rings. The maximum absolute atomic E-state index is 14.1. The van der Waals surface area contributed by atoms with Crippen molar-refractivity contribution >= 4 is 11.6 Å². The fourth-order valence-corrected chi connectivity index (χ4v) is 4.87. The van der Waals surface area contributed by atoms with E-state index in [0.717, 1.165) is 17.5 Å². The number of fused-ring (bicyclic) bond motifs is 1. The minimum atomic E-state index is -4.60. The zero-order valence-electron chi connectivity index (χ0n) is 20.3. The van der Waals surface area contributed by atoms with E-state index in [2.05, 4.69) is 20.4 Å². The van der Waals surface area contributed by atoms with E-state index in [1.807, 2.05) is 36.7 Å². The van der Waals surface area contributed by atoms with E-state index >= 15 is 0 Å². The second kappa shape index (κ2) is 8.61. The second-order valence-electron chi connectivity index (χ2n) is 9.31. The van der Waals surface area contributed by atoms with Gasteiger partial charge in [0.25, 0.3) is 5.91 Å². The van der Waals surface area contributed by atoms with Gasteiger partial charge in [0.05, 0.1) is 17.8 Å². The molecule has 0 spiro atoms. The number of rotatable bonds is 5. The molecule has 0 bridgehead atoms. The summed E-state index contributed by atoms with van der Waals surface area (Å²) in [5.74, 6) is 0.441. The number of H-pyrrole nitrogens is 1. The van der Waals surface area contributed by atoms with Gasteiger partial charge in [0.15, 0.2) is 0 Å². The molecule has 3 heterocycles. The lowest BCUT2D eigenvalue weighted by Crippen LogP contribution is -2.23. The van der Waals surface area contributed by atoms with Gasteiger partial charge in [0.2, 0.25) is 0 Å². The quantitative estimate of drug-likeness (QED) is 0.406. The molecule has 7 nitrogen and oxygen atoms in total. The molecular formula is C26H25F3N6O. The third-order valence-electron chi connectivity index (χ3n) is 6.81. The fourth-order valence-electron chi connectivity index (χ4n) is 4.87. The van der Waals surface area contributed by atoms with Crippen LogP contribution in [0.5, 0.6) is 0 Å². The number of alkyl halides is 3. The predicted molar refractivity (Wildman–Crippen MR) is 129 cm³/mol. The Morgan fingerprint density at radius 1 is 1.17 bits per heavy atom. The van der Waals surface area contributed by atoms with Crippen molar-refractivity contribution in [2.75, 3.05) is 4.90 Å². The third kappa shape index (κ3) is 4.06. The Labute approximate surface area is 206 Å². The van der Waals surface area contributed by atoms with E-state index in [4.69, 9.17) is 0 Å². The first kappa shape index (κ1) is 23.8. The Hall–Kier alpha value is -3.95. The maximum atomic E-state index is 14.1. The molecule has 1 N–H and O–H groups in total. The Balaban J connectivity index is 1.52. The molecule has 1 unspecified atom stereocenters. The van der Waals surface area contributed by atoms with Crippen LogP contribution in [0.1, 0.15) is 57.1 Å².